The monoisotopic (exact) mass is 498 g/mol. The number of ether oxygens (including phenoxy) is 1. The molecule has 0 spiro atoms. The zero-order valence-corrected chi connectivity index (χ0v) is 18.8. The molecule has 5 rings (SSSR count). The van der Waals surface area contributed by atoms with Crippen LogP contribution in [0.4, 0.5) is 23.7 Å². The molecular formula is C25H18ClF3N4O2. The molecule has 0 unspecified atom stereocenters. The second-order valence-corrected chi connectivity index (χ2v) is 8.46. The molecule has 0 aliphatic carbocycles. The Morgan fingerprint density at radius 2 is 1.71 bits per heavy atom. The lowest BCUT2D eigenvalue weighted by atomic mass is 9.98. The van der Waals surface area contributed by atoms with Gasteiger partial charge in [-0.15, -0.1) is 5.10 Å². The summed E-state index contributed by atoms with van der Waals surface area (Å²) >= 11 is 5.99. The summed E-state index contributed by atoms with van der Waals surface area (Å²) in [5, 5.41) is 8.77. The largest absolute Gasteiger partial charge is 0.441 e. The minimum absolute atomic E-state index is 0.0938. The summed E-state index contributed by atoms with van der Waals surface area (Å²) in [6, 6.07) is 19.9. The maximum atomic E-state index is 13.5. The number of hydrogen-bond donors (Lipinski definition) is 0. The summed E-state index contributed by atoms with van der Waals surface area (Å²) < 4.78 is 47.5. The summed E-state index contributed by atoms with van der Waals surface area (Å²) in [5.41, 5.74) is 1.41. The smallest absolute Gasteiger partial charge is 0.416 e. The topological polar surface area (TPSA) is 60.3 Å². The number of anilines is 1. The number of hydrogen-bond acceptors (Lipinski definition) is 4. The molecule has 1 amide bonds. The predicted octanol–water partition coefficient (Wildman–Crippen LogP) is 6.38. The van der Waals surface area contributed by atoms with Gasteiger partial charge in [-0.25, -0.2) is 9.48 Å². The van der Waals surface area contributed by atoms with Crippen LogP contribution in [0.25, 0.3) is 11.3 Å². The molecule has 1 fully saturated rings. The molecule has 6 nitrogen and oxygen atoms in total. The average Bonchev–Trinajstić information content (AvgIpc) is 3.44. The van der Waals surface area contributed by atoms with Gasteiger partial charge in [0.25, 0.3) is 0 Å². The van der Waals surface area contributed by atoms with Crippen molar-refractivity contribution in [3.63, 3.8) is 0 Å². The Morgan fingerprint density at radius 1 is 0.971 bits per heavy atom. The van der Waals surface area contributed by atoms with E-state index >= 15 is 0 Å². The molecule has 4 aromatic rings. The third-order valence-corrected chi connectivity index (χ3v) is 5.97. The summed E-state index contributed by atoms with van der Waals surface area (Å²) in [6.45, 7) is 0.0938. The van der Waals surface area contributed by atoms with E-state index in [1.54, 1.807) is 36.5 Å². The third kappa shape index (κ3) is 4.72. The number of nitrogens with zero attached hydrogens (tertiary/aromatic N) is 4. The van der Waals surface area contributed by atoms with Crippen molar-refractivity contribution < 1.29 is 22.7 Å². The number of carbonyl (C=O) groups is 1. The third-order valence-electron chi connectivity index (χ3n) is 5.71. The molecule has 0 N–H and O–H groups in total. The molecule has 0 saturated carbocycles. The van der Waals surface area contributed by atoms with E-state index in [4.69, 9.17) is 16.3 Å². The van der Waals surface area contributed by atoms with Crippen LogP contribution in [0.15, 0.2) is 85.1 Å². The molecular weight excluding hydrogens is 481 g/mol. The zero-order chi connectivity index (χ0) is 24.6. The lowest BCUT2D eigenvalue weighted by molar-refractivity contribution is -0.137. The molecule has 1 saturated heterocycles. The fourth-order valence-electron chi connectivity index (χ4n) is 4.11. The predicted molar refractivity (Wildman–Crippen MR) is 124 cm³/mol. The van der Waals surface area contributed by atoms with Crippen LogP contribution in [-0.4, -0.2) is 27.2 Å². The van der Waals surface area contributed by atoms with Crippen LogP contribution >= 0.6 is 11.6 Å². The molecule has 1 aliphatic rings. The zero-order valence-electron chi connectivity index (χ0n) is 18.1. The summed E-state index contributed by atoms with van der Waals surface area (Å²) in [5.74, 6) is 0. The Hall–Kier alpha value is -3.85. The quantitative estimate of drug-likeness (QED) is 0.320. The minimum atomic E-state index is -4.53. The number of rotatable bonds is 5. The minimum Gasteiger partial charge on any atom is -0.441 e. The van der Waals surface area contributed by atoms with Gasteiger partial charge in [0.05, 0.1) is 18.3 Å². The van der Waals surface area contributed by atoms with Gasteiger partial charge in [0.15, 0.2) is 0 Å². The van der Waals surface area contributed by atoms with Crippen molar-refractivity contribution in [2.75, 3.05) is 4.90 Å². The highest BCUT2D eigenvalue weighted by Gasteiger charge is 2.44. The standard InChI is InChI=1S/C25H18ClF3N4O2/c26-19-9-11-20(12-10-19)33-23(17-7-4-8-18(13-17)25(27,28)29)22(35-24(33)34)15-32-14-21(30-31-32)16-5-2-1-3-6-16/h1-14,22-23H,15H2/t22-,23-/m0/s1. The first-order valence-corrected chi connectivity index (χ1v) is 11.1. The molecule has 3 aromatic carbocycles. The van der Waals surface area contributed by atoms with Crippen molar-refractivity contribution >= 4 is 23.4 Å². The van der Waals surface area contributed by atoms with Gasteiger partial charge in [0.1, 0.15) is 17.8 Å². The second-order valence-electron chi connectivity index (χ2n) is 8.03. The highest BCUT2D eigenvalue weighted by Crippen LogP contribution is 2.40. The van der Waals surface area contributed by atoms with Crippen LogP contribution in [0.5, 0.6) is 0 Å². The van der Waals surface area contributed by atoms with Crippen LogP contribution < -0.4 is 4.90 Å². The SMILES string of the molecule is O=C1O[C@@H](Cn2cc(-c3ccccc3)nn2)[C@H](c2cccc(C(F)(F)F)c2)N1c1ccc(Cl)cc1. The van der Waals surface area contributed by atoms with Gasteiger partial charge in [0.2, 0.25) is 0 Å². The first-order valence-electron chi connectivity index (χ1n) is 10.7. The molecule has 35 heavy (non-hydrogen) atoms. The molecule has 1 aromatic heterocycles. The van der Waals surface area contributed by atoms with Gasteiger partial charge < -0.3 is 4.74 Å². The Bertz CT molecular complexity index is 1340. The Kier molecular flexibility index (Phi) is 5.94. The van der Waals surface area contributed by atoms with Gasteiger partial charge in [0, 0.05) is 16.3 Å². The maximum Gasteiger partial charge on any atom is 0.416 e. The van der Waals surface area contributed by atoms with E-state index in [1.165, 1.54) is 15.6 Å². The van der Waals surface area contributed by atoms with E-state index in [9.17, 15) is 18.0 Å². The molecule has 0 radical (unpaired) electrons. The highest BCUT2D eigenvalue weighted by molar-refractivity contribution is 6.30. The van der Waals surface area contributed by atoms with Crippen LogP contribution in [0.3, 0.4) is 0 Å². The Labute approximate surface area is 203 Å². The van der Waals surface area contributed by atoms with Crippen molar-refractivity contribution in [1.82, 2.24) is 15.0 Å². The van der Waals surface area contributed by atoms with Crippen molar-refractivity contribution in [3.05, 3.63) is 101 Å². The maximum absolute atomic E-state index is 13.5. The summed E-state index contributed by atoms with van der Waals surface area (Å²) in [4.78, 5) is 14.3. The van der Waals surface area contributed by atoms with Gasteiger partial charge in [-0.3, -0.25) is 4.90 Å². The molecule has 2 atom stereocenters. The van der Waals surface area contributed by atoms with Crippen LogP contribution in [0.1, 0.15) is 17.2 Å². The van der Waals surface area contributed by atoms with Gasteiger partial charge in [-0.05, 0) is 42.0 Å². The molecule has 2 heterocycles. The number of aromatic nitrogens is 3. The normalized spacial score (nSPS) is 18.1. The van der Waals surface area contributed by atoms with Crippen molar-refractivity contribution in [2.24, 2.45) is 0 Å². The Morgan fingerprint density at radius 3 is 2.43 bits per heavy atom. The lowest BCUT2D eigenvalue weighted by Crippen LogP contribution is -2.31. The van der Waals surface area contributed by atoms with Crippen LogP contribution in [0, 0.1) is 0 Å². The van der Waals surface area contributed by atoms with E-state index in [0.29, 0.717) is 16.4 Å². The van der Waals surface area contributed by atoms with E-state index in [-0.39, 0.29) is 12.1 Å². The number of benzene rings is 3. The van der Waals surface area contributed by atoms with Gasteiger partial charge in [-0.2, -0.15) is 13.2 Å². The van der Waals surface area contributed by atoms with E-state index in [0.717, 1.165) is 17.7 Å². The number of carbonyl (C=O) groups excluding carboxylic acids is 1. The highest BCUT2D eigenvalue weighted by atomic mass is 35.5. The second kappa shape index (κ2) is 9.07. The molecule has 1 aliphatic heterocycles. The number of amides is 1. The summed E-state index contributed by atoms with van der Waals surface area (Å²) in [6.07, 6.45) is -4.33. The van der Waals surface area contributed by atoms with Crippen molar-refractivity contribution in [1.29, 1.82) is 0 Å². The van der Waals surface area contributed by atoms with Crippen molar-refractivity contribution in [2.45, 2.75) is 24.9 Å². The van der Waals surface area contributed by atoms with Crippen LogP contribution in [-0.2, 0) is 17.5 Å². The van der Waals surface area contributed by atoms with Crippen LogP contribution in [0.2, 0.25) is 5.02 Å². The first-order chi connectivity index (χ1) is 16.8. The summed E-state index contributed by atoms with van der Waals surface area (Å²) in [7, 11) is 0. The lowest BCUT2D eigenvalue weighted by Gasteiger charge is -2.25. The first kappa shape index (κ1) is 22.9. The molecule has 0 bridgehead atoms. The van der Waals surface area contributed by atoms with Gasteiger partial charge >= 0.3 is 12.3 Å². The molecule has 10 heteroatoms. The fraction of sp³-hybridized carbons (Fsp3) is 0.160. The number of cyclic esters (lactones) is 1. The average molecular weight is 499 g/mol. The van der Waals surface area contributed by atoms with E-state index < -0.39 is 30.0 Å². The fourth-order valence-corrected chi connectivity index (χ4v) is 4.24. The Balaban J connectivity index is 1.52. The van der Waals surface area contributed by atoms with Crippen molar-refractivity contribution in [3.8, 4) is 11.3 Å². The molecule has 178 valence electrons. The number of halogens is 4. The number of alkyl halides is 3. The van der Waals surface area contributed by atoms with Gasteiger partial charge in [-0.1, -0.05) is 59.3 Å². The van der Waals surface area contributed by atoms with E-state index in [2.05, 4.69) is 10.3 Å². The van der Waals surface area contributed by atoms with E-state index in [1.807, 2.05) is 30.3 Å².